The van der Waals surface area contributed by atoms with Crippen molar-refractivity contribution < 1.29 is 23.9 Å². The van der Waals surface area contributed by atoms with Gasteiger partial charge in [0, 0.05) is 13.1 Å². The molecular formula is C12H20N2O5. The molecule has 0 aromatic carbocycles. The number of hydrogen-bond donors (Lipinski definition) is 1. The number of rotatable bonds is 2. The summed E-state index contributed by atoms with van der Waals surface area (Å²) in [6, 6.07) is -0.879. The smallest absolute Gasteiger partial charge is 0.411 e. The molecule has 0 aromatic heterocycles. The molecule has 19 heavy (non-hydrogen) atoms. The van der Waals surface area contributed by atoms with Crippen molar-refractivity contribution in [2.24, 2.45) is 0 Å². The van der Waals surface area contributed by atoms with Crippen LogP contribution in [-0.4, -0.2) is 54.7 Å². The molecular weight excluding hydrogens is 252 g/mol. The van der Waals surface area contributed by atoms with Gasteiger partial charge in [0.1, 0.15) is 11.6 Å². The van der Waals surface area contributed by atoms with E-state index in [2.05, 4.69) is 10.1 Å². The van der Waals surface area contributed by atoms with Gasteiger partial charge in [-0.1, -0.05) is 0 Å². The van der Waals surface area contributed by atoms with Gasteiger partial charge >= 0.3 is 12.1 Å². The van der Waals surface area contributed by atoms with E-state index in [4.69, 9.17) is 4.74 Å². The highest BCUT2D eigenvalue weighted by Crippen LogP contribution is 2.15. The van der Waals surface area contributed by atoms with E-state index in [0.717, 1.165) is 0 Å². The maximum Gasteiger partial charge on any atom is 0.411 e. The van der Waals surface area contributed by atoms with E-state index in [1.165, 1.54) is 12.0 Å². The van der Waals surface area contributed by atoms with Crippen LogP contribution in [0.3, 0.4) is 0 Å². The topological polar surface area (TPSA) is 84.9 Å². The lowest BCUT2D eigenvalue weighted by molar-refractivity contribution is -0.145. The lowest BCUT2D eigenvalue weighted by Crippen LogP contribution is -2.58. The monoisotopic (exact) mass is 272 g/mol. The molecule has 108 valence electrons. The Morgan fingerprint density at radius 1 is 1.42 bits per heavy atom. The molecule has 1 atom stereocenters. The van der Waals surface area contributed by atoms with Crippen LogP contribution in [0.15, 0.2) is 0 Å². The first-order chi connectivity index (χ1) is 8.74. The predicted octanol–water partition coefficient (Wildman–Crippen LogP) is 0.285. The lowest BCUT2D eigenvalue weighted by Gasteiger charge is -2.35. The first kappa shape index (κ1) is 15.3. The van der Waals surface area contributed by atoms with Crippen LogP contribution in [0.4, 0.5) is 4.79 Å². The van der Waals surface area contributed by atoms with E-state index in [-0.39, 0.29) is 12.3 Å². The fraction of sp³-hybridized carbons (Fsp3) is 0.750. The molecule has 7 heteroatoms. The van der Waals surface area contributed by atoms with Crippen LogP contribution in [0.2, 0.25) is 0 Å². The average Bonchev–Trinajstić information content (AvgIpc) is 2.29. The number of carbonyl (C=O) groups excluding carboxylic acids is 3. The van der Waals surface area contributed by atoms with Gasteiger partial charge in [0.2, 0.25) is 5.91 Å². The number of amides is 2. The molecule has 0 radical (unpaired) electrons. The van der Waals surface area contributed by atoms with Crippen molar-refractivity contribution in [2.45, 2.75) is 38.8 Å². The summed E-state index contributed by atoms with van der Waals surface area (Å²) < 4.78 is 9.76. The molecule has 1 N–H and O–H groups in total. The Kier molecular flexibility index (Phi) is 4.74. The van der Waals surface area contributed by atoms with Crippen molar-refractivity contribution >= 4 is 18.0 Å². The first-order valence-electron chi connectivity index (χ1n) is 6.09. The Morgan fingerprint density at radius 3 is 2.58 bits per heavy atom. The molecule has 0 aromatic rings. The summed E-state index contributed by atoms with van der Waals surface area (Å²) in [5.74, 6) is -0.918. The maximum absolute atomic E-state index is 12.0. The van der Waals surface area contributed by atoms with E-state index in [9.17, 15) is 14.4 Å². The number of nitrogens with one attached hydrogen (secondary N) is 1. The second-order valence-corrected chi connectivity index (χ2v) is 5.26. The number of piperazine rings is 1. The number of esters is 1. The van der Waals surface area contributed by atoms with Gasteiger partial charge in [-0.15, -0.1) is 0 Å². The van der Waals surface area contributed by atoms with E-state index in [1.807, 2.05) is 0 Å². The van der Waals surface area contributed by atoms with E-state index in [0.29, 0.717) is 13.1 Å². The molecule has 0 saturated carbocycles. The summed E-state index contributed by atoms with van der Waals surface area (Å²) in [4.78, 5) is 36.3. The second kappa shape index (κ2) is 5.90. The van der Waals surface area contributed by atoms with Gasteiger partial charge in [-0.2, -0.15) is 0 Å². The standard InChI is InChI=1S/C12H20N2O5/c1-12(2,3)19-11(17)14-6-5-13-10(16)8(14)7-9(15)18-4/h8H,5-7H2,1-4H3,(H,13,16)/t8-/m0/s1. The van der Waals surface area contributed by atoms with Crippen molar-refractivity contribution in [3.05, 3.63) is 0 Å². The molecule has 0 aliphatic carbocycles. The van der Waals surface area contributed by atoms with Gasteiger partial charge in [-0.25, -0.2) is 4.79 Å². The Hall–Kier alpha value is -1.79. The van der Waals surface area contributed by atoms with Crippen LogP contribution in [-0.2, 0) is 19.1 Å². The first-order valence-corrected chi connectivity index (χ1v) is 6.09. The zero-order valence-electron chi connectivity index (χ0n) is 11.7. The van der Waals surface area contributed by atoms with Gasteiger partial charge in [-0.3, -0.25) is 14.5 Å². The zero-order valence-corrected chi connectivity index (χ0v) is 11.7. The number of hydrogen-bond acceptors (Lipinski definition) is 5. The number of methoxy groups -OCH3 is 1. The van der Waals surface area contributed by atoms with Gasteiger partial charge in [0.05, 0.1) is 13.5 Å². The minimum Gasteiger partial charge on any atom is -0.469 e. The molecule has 2 amide bonds. The third-order valence-electron chi connectivity index (χ3n) is 2.55. The fourth-order valence-corrected chi connectivity index (χ4v) is 1.70. The number of carbonyl (C=O) groups is 3. The summed E-state index contributed by atoms with van der Waals surface area (Å²) in [6.45, 7) is 5.87. The summed E-state index contributed by atoms with van der Waals surface area (Å²) in [5.41, 5.74) is -0.652. The number of nitrogens with zero attached hydrogens (tertiary/aromatic N) is 1. The minimum absolute atomic E-state index is 0.179. The highest BCUT2D eigenvalue weighted by atomic mass is 16.6. The fourth-order valence-electron chi connectivity index (χ4n) is 1.70. The zero-order chi connectivity index (χ0) is 14.6. The molecule has 1 fully saturated rings. The van der Waals surface area contributed by atoms with Crippen molar-refractivity contribution in [2.75, 3.05) is 20.2 Å². The van der Waals surface area contributed by atoms with Gasteiger partial charge in [-0.05, 0) is 20.8 Å². The molecule has 1 aliphatic heterocycles. The van der Waals surface area contributed by atoms with Gasteiger partial charge in [0.15, 0.2) is 0 Å². The number of ether oxygens (including phenoxy) is 2. The second-order valence-electron chi connectivity index (χ2n) is 5.26. The Balaban J connectivity index is 2.79. The van der Waals surface area contributed by atoms with Crippen LogP contribution < -0.4 is 5.32 Å². The summed E-state index contributed by atoms with van der Waals surface area (Å²) in [6.07, 6.45) is -0.780. The van der Waals surface area contributed by atoms with E-state index < -0.39 is 23.7 Å². The van der Waals surface area contributed by atoms with E-state index in [1.54, 1.807) is 20.8 Å². The average molecular weight is 272 g/mol. The predicted molar refractivity (Wildman–Crippen MR) is 66.4 cm³/mol. The van der Waals surface area contributed by atoms with E-state index >= 15 is 0 Å². The molecule has 0 spiro atoms. The van der Waals surface area contributed by atoms with Crippen LogP contribution in [0, 0.1) is 0 Å². The van der Waals surface area contributed by atoms with Gasteiger partial charge < -0.3 is 14.8 Å². The lowest BCUT2D eigenvalue weighted by atomic mass is 10.1. The van der Waals surface area contributed by atoms with Crippen LogP contribution in [0.1, 0.15) is 27.2 Å². The van der Waals surface area contributed by atoms with Crippen molar-refractivity contribution in [1.82, 2.24) is 10.2 Å². The van der Waals surface area contributed by atoms with Crippen molar-refractivity contribution in [3.63, 3.8) is 0 Å². The Labute approximate surface area is 112 Å². The third-order valence-corrected chi connectivity index (χ3v) is 2.55. The molecule has 1 heterocycles. The normalized spacial score (nSPS) is 19.7. The van der Waals surface area contributed by atoms with Crippen molar-refractivity contribution in [1.29, 1.82) is 0 Å². The quantitative estimate of drug-likeness (QED) is 0.730. The van der Waals surface area contributed by atoms with Crippen LogP contribution in [0.25, 0.3) is 0 Å². The molecule has 1 aliphatic rings. The highest BCUT2D eigenvalue weighted by Gasteiger charge is 2.37. The summed E-state index contributed by atoms with van der Waals surface area (Å²) in [7, 11) is 1.24. The van der Waals surface area contributed by atoms with Crippen LogP contribution >= 0.6 is 0 Å². The molecule has 0 bridgehead atoms. The molecule has 1 saturated heterocycles. The molecule has 0 unspecified atom stereocenters. The maximum atomic E-state index is 12.0. The Bertz CT molecular complexity index is 375. The van der Waals surface area contributed by atoms with Gasteiger partial charge in [0.25, 0.3) is 0 Å². The molecule has 7 nitrogen and oxygen atoms in total. The summed E-state index contributed by atoms with van der Waals surface area (Å²) >= 11 is 0. The Morgan fingerprint density at radius 2 is 2.05 bits per heavy atom. The highest BCUT2D eigenvalue weighted by molar-refractivity contribution is 5.90. The van der Waals surface area contributed by atoms with Crippen molar-refractivity contribution in [3.8, 4) is 0 Å². The summed E-state index contributed by atoms with van der Waals surface area (Å²) in [5, 5.41) is 2.61. The SMILES string of the molecule is COC(=O)C[C@H]1C(=O)NCCN1C(=O)OC(C)(C)C. The largest absolute Gasteiger partial charge is 0.469 e. The third kappa shape index (κ3) is 4.42. The minimum atomic E-state index is -0.879. The van der Waals surface area contributed by atoms with Crippen LogP contribution in [0.5, 0.6) is 0 Å². The molecule has 1 rings (SSSR count).